The molecule has 3 aromatic rings. The zero-order chi connectivity index (χ0) is 31.5. The standard InChI is InChI=1S/C28H22F7N3O5/c1-41-22-13-18(43-28(33,34)35)6-7-21(22)42-23-11-15(14-2-4-16(5-3-14)27(30,31)32)10-19(29)24(23)26(40)38-17-8-9-37-20(12-17)25(36)39/h2,6-13,16H,3-5H2,1H3,(H2,36,39)(H,37,38,40). The van der Waals surface area contributed by atoms with Crippen molar-refractivity contribution in [3.8, 4) is 23.0 Å². The van der Waals surface area contributed by atoms with Gasteiger partial charge in [0.25, 0.3) is 11.8 Å². The molecular formula is C28H22F7N3O5. The van der Waals surface area contributed by atoms with E-state index >= 15 is 4.39 Å². The molecule has 1 heterocycles. The van der Waals surface area contributed by atoms with Crippen LogP contribution in [0, 0.1) is 11.7 Å². The van der Waals surface area contributed by atoms with Crippen LogP contribution in [0.4, 0.5) is 36.4 Å². The van der Waals surface area contributed by atoms with Crippen molar-refractivity contribution < 1.29 is 54.5 Å². The fourth-order valence-electron chi connectivity index (χ4n) is 4.35. The summed E-state index contributed by atoms with van der Waals surface area (Å²) < 4.78 is 108. The summed E-state index contributed by atoms with van der Waals surface area (Å²) in [5.74, 6) is -6.23. The van der Waals surface area contributed by atoms with Gasteiger partial charge in [-0.15, -0.1) is 13.2 Å². The number of alkyl halides is 6. The Morgan fingerprint density at radius 1 is 1.00 bits per heavy atom. The zero-order valence-electron chi connectivity index (χ0n) is 22.1. The number of hydrogen-bond acceptors (Lipinski definition) is 6. The molecule has 2 amide bonds. The first-order chi connectivity index (χ1) is 20.1. The van der Waals surface area contributed by atoms with Crippen LogP contribution in [0.5, 0.6) is 23.0 Å². The Kier molecular flexibility index (Phi) is 8.82. The number of pyridine rings is 1. The maximum atomic E-state index is 15.6. The molecule has 0 radical (unpaired) electrons. The Bertz CT molecular complexity index is 1570. The van der Waals surface area contributed by atoms with E-state index in [1.54, 1.807) is 0 Å². The number of ether oxygens (including phenoxy) is 3. The minimum Gasteiger partial charge on any atom is -0.493 e. The molecule has 8 nitrogen and oxygen atoms in total. The van der Waals surface area contributed by atoms with Crippen LogP contribution < -0.4 is 25.3 Å². The minimum atomic E-state index is -5.00. The molecule has 1 aliphatic rings. The number of carbonyl (C=O) groups excluding carboxylic acids is 2. The molecule has 1 aromatic heterocycles. The van der Waals surface area contributed by atoms with Gasteiger partial charge < -0.3 is 25.3 Å². The number of aromatic nitrogens is 1. The Hall–Kier alpha value is -4.82. The van der Waals surface area contributed by atoms with E-state index in [-0.39, 0.29) is 47.7 Å². The number of carbonyl (C=O) groups is 2. The highest BCUT2D eigenvalue weighted by Crippen LogP contribution is 2.42. The summed E-state index contributed by atoms with van der Waals surface area (Å²) in [4.78, 5) is 28.5. The van der Waals surface area contributed by atoms with Crippen molar-refractivity contribution in [2.24, 2.45) is 11.7 Å². The van der Waals surface area contributed by atoms with Crippen molar-refractivity contribution in [3.63, 3.8) is 0 Å². The maximum absolute atomic E-state index is 15.6. The molecule has 1 atom stereocenters. The van der Waals surface area contributed by atoms with Gasteiger partial charge in [-0.2, -0.15) is 13.2 Å². The van der Waals surface area contributed by atoms with Gasteiger partial charge in [-0.05, 0) is 66.8 Å². The third-order valence-corrected chi connectivity index (χ3v) is 6.38. The Morgan fingerprint density at radius 3 is 2.35 bits per heavy atom. The van der Waals surface area contributed by atoms with E-state index < -0.39 is 53.2 Å². The first kappa shape index (κ1) is 31.1. The van der Waals surface area contributed by atoms with Crippen LogP contribution in [0.2, 0.25) is 0 Å². The number of amides is 2. The molecule has 0 bridgehead atoms. The van der Waals surface area contributed by atoms with Crippen LogP contribution in [-0.2, 0) is 0 Å². The van der Waals surface area contributed by atoms with Crippen molar-refractivity contribution in [1.29, 1.82) is 0 Å². The molecule has 0 aliphatic heterocycles. The lowest BCUT2D eigenvalue weighted by molar-refractivity contribution is -0.274. The molecule has 2 aromatic carbocycles. The summed E-state index contributed by atoms with van der Waals surface area (Å²) in [6.07, 6.45) is -7.53. The summed E-state index contributed by atoms with van der Waals surface area (Å²) in [6.45, 7) is 0. The first-order valence-electron chi connectivity index (χ1n) is 12.4. The highest BCUT2D eigenvalue weighted by Gasteiger charge is 2.40. The number of methoxy groups -OCH3 is 1. The molecule has 3 N–H and O–H groups in total. The Balaban J connectivity index is 1.75. The number of rotatable bonds is 8. The lowest BCUT2D eigenvalue weighted by Crippen LogP contribution is -2.24. The van der Waals surface area contributed by atoms with Gasteiger partial charge in [0.1, 0.15) is 28.6 Å². The van der Waals surface area contributed by atoms with Gasteiger partial charge in [-0.25, -0.2) is 4.39 Å². The topological polar surface area (TPSA) is 113 Å². The monoisotopic (exact) mass is 613 g/mol. The molecule has 0 saturated heterocycles. The van der Waals surface area contributed by atoms with Crippen LogP contribution >= 0.6 is 0 Å². The Labute approximate surface area is 239 Å². The molecule has 1 unspecified atom stereocenters. The van der Waals surface area contributed by atoms with Gasteiger partial charge in [0.05, 0.1) is 13.0 Å². The van der Waals surface area contributed by atoms with Crippen molar-refractivity contribution in [2.45, 2.75) is 31.8 Å². The second-order valence-corrected chi connectivity index (χ2v) is 9.28. The van der Waals surface area contributed by atoms with Crippen molar-refractivity contribution in [2.75, 3.05) is 12.4 Å². The summed E-state index contributed by atoms with van der Waals surface area (Å²) in [5, 5.41) is 2.38. The SMILES string of the molecule is COc1cc(OC(F)(F)F)ccc1Oc1cc(C2=CCC(C(F)(F)F)CC2)cc(F)c1C(=O)Nc1ccnc(C(N)=O)c1. The maximum Gasteiger partial charge on any atom is 0.573 e. The average molecular weight is 613 g/mol. The third-order valence-electron chi connectivity index (χ3n) is 6.38. The van der Waals surface area contributed by atoms with Gasteiger partial charge in [0, 0.05) is 18.0 Å². The first-order valence-corrected chi connectivity index (χ1v) is 12.4. The van der Waals surface area contributed by atoms with E-state index in [9.17, 15) is 35.9 Å². The van der Waals surface area contributed by atoms with E-state index in [2.05, 4.69) is 15.0 Å². The molecular weight excluding hydrogens is 591 g/mol. The normalized spacial score (nSPS) is 15.3. The number of nitrogens with two attached hydrogens (primary N) is 1. The highest BCUT2D eigenvalue weighted by molar-refractivity contribution is 6.07. The quantitative estimate of drug-likeness (QED) is 0.264. The molecule has 1 aliphatic carbocycles. The average Bonchev–Trinajstić information content (AvgIpc) is 2.92. The largest absolute Gasteiger partial charge is 0.573 e. The lowest BCUT2D eigenvalue weighted by Gasteiger charge is -2.25. The lowest BCUT2D eigenvalue weighted by atomic mass is 9.86. The number of primary amides is 1. The van der Waals surface area contributed by atoms with Crippen LogP contribution in [0.1, 0.15) is 45.7 Å². The van der Waals surface area contributed by atoms with E-state index in [4.69, 9.17) is 15.2 Å². The molecule has 4 rings (SSSR count). The zero-order valence-corrected chi connectivity index (χ0v) is 22.1. The summed E-state index contributed by atoms with van der Waals surface area (Å²) in [6, 6.07) is 7.39. The van der Waals surface area contributed by atoms with Crippen LogP contribution in [0.15, 0.2) is 54.7 Å². The second-order valence-electron chi connectivity index (χ2n) is 9.28. The molecule has 228 valence electrons. The number of hydrogen-bond donors (Lipinski definition) is 2. The van der Waals surface area contributed by atoms with E-state index in [0.717, 1.165) is 37.4 Å². The third kappa shape index (κ3) is 7.72. The van der Waals surface area contributed by atoms with Crippen LogP contribution in [0.3, 0.4) is 0 Å². The van der Waals surface area contributed by atoms with Gasteiger partial charge in [0.15, 0.2) is 11.5 Å². The Morgan fingerprint density at radius 2 is 1.74 bits per heavy atom. The van der Waals surface area contributed by atoms with E-state index in [0.29, 0.717) is 5.57 Å². The number of benzene rings is 2. The number of anilines is 1. The number of nitrogens with zero attached hydrogens (tertiary/aromatic N) is 1. The predicted molar refractivity (Wildman–Crippen MR) is 138 cm³/mol. The predicted octanol–water partition coefficient (Wildman–Crippen LogP) is 7.02. The fraction of sp³-hybridized carbons (Fsp3) is 0.250. The summed E-state index contributed by atoms with van der Waals surface area (Å²) >= 11 is 0. The summed E-state index contributed by atoms with van der Waals surface area (Å²) in [5.41, 5.74) is 4.86. The van der Waals surface area contributed by atoms with Crippen molar-refractivity contribution >= 4 is 23.1 Å². The molecule has 0 spiro atoms. The van der Waals surface area contributed by atoms with E-state index in [1.807, 2.05) is 0 Å². The number of nitrogens with one attached hydrogen (secondary N) is 1. The van der Waals surface area contributed by atoms with Gasteiger partial charge >= 0.3 is 12.5 Å². The molecule has 0 saturated carbocycles. The second kappa shape index (κ2) is 12.2. The highest BCUT2D eigenvalue weighted by atomic mass is 19.4. The molecule has 0 fully saturated rings. The van der Waals surface area contributed by atoms with E-state index in [1.165, 1.54) is 24.4 Å². The van der Waals surface area contributed by atoms with Gasteiger partial charge in [0.2, 0.25) is 0 Å². The van der Waals surface area contributed by atoms with Crippen LogP contribution in [-0.4, -0.2) is 36.4 Å². The molecule has 43 heavy (non-hydrogen) atoms. The fourth-order valence-corrected chi connectivity index (χ4v) is 4.35. The number of allylic oxidation sites excluding steroid dienone is 2. The smallest absolute Gasteiger partial charge is 0.493 e. The van der Waals surface area contributed by atoms with Crippen molar-refractivity contribution in [1.82, 2.24) is 4.98 Å². The van der Waals surface area contributed by atoms with Crippen molar-refractivity contribution in [3.05, 3.63) is 77.4 Å². The van der Waals surface area contributed by atoms with Gasteiger partial charge in [-0.1, -0.05) is 6.08 Å². The summed E-state index contributed by atoms with van der Waals surface area (Å²) in [7, 11) is 1.12. The van der Waals surface area contributed by atoms with Crippen LogP contribution in [0.25, 0.3) is 5.57 Å². The number of halogens is 7. The minimum absolute atomic E-state index is 0.0163. The molecule has 15 heteroatoms. The van der Waals surface area contributed by atoms with Gasteiger partial charge in [-0.3, -0.25) is 14.6 Å².